The molecule has 1 aromatic carbocycles. The molecule has 17 heavy (non-hydrogen) atoms. The Morgan fingerprint density at radius 3 is 2.94 bits per heavy atom. The Kier molecular flexibility index (Phi) is 3.13. The van der Waals surface area contributed by atoms with Gasteiger partial charge in [-0.1, -0.05) is 6.92 Å². The predicted octanol–water partition coefficient (Wildman–Crippen LogP) is 2.84. The maximum Gasteiger partial charge on any atom is 0.267 e. The molecule has 2 aromatic rings. The zero-order valence-electron chi connectivity index (χ0n) is 9.88. The van der Waals surface area contributed by atoms with Crippen molar-refractivity contribution in [2.75, 3.05) is 0 Å². The Labute approximate surface area is 99.0 Å². The van der Waals surface area contributed by atoms with Gasteiger partial charge in [-0.2, -0.15) is 0 Å². The van der Waals surface area contributed by atoms with Crippen molar-refractivity contribution in [3.8, 4) is 0 Å². The molecule has 90 valence electrons. The Morgan fingerprint density at radius 1 is 1.47 bits per heavy atom. The van der Waals surface area contributed by atoms with Crippen molar-refractivity contribution in [3.05, 3.63) is 35.8 Å². The average Bonchev–Trinajstić information content (AvgIpc) is 2.71. The monoisotopic (exact) mass is 234 g/mol. The molecule has 2 N–H and O–H groups in total. The van der Waals surface area contributed by atoms with Gasteiger partial charge in [0.1, 0.15) is 11.5 Å². The number of hydrogen-bond acceptors (Lipinski definition) is 1. The minimum absolute atomic E-state index is 0.130. The Balaban J connectivity index is 2.27. The maximum atomic E-state index is 13.0. The third-order valence-electron chi connectivity index (χ3n) is 2.82. The first-order valence-electron chi connectivity index (χ1n) is 5.69. The van der Waals surface area contributed by atoms with E-state index >= 15 is 0 Å². The van der Waals surface area contributed by atoms with Crippen molar-refractivity contribution in [1.82, 2.24) is 10.3 Å². The average molecular weight is 234 g/mol. The number of H-pyrrole nitrogens is 1. The standard InChI is InChI=1S/C13H15FN2O/c1-3-8(2)15-13(17)12-6-9-4-5-10(14)7-11(9)16-12/h4-8,16H,3H2,1-2H3,(H,15,17). The molecule has 0 saturated heterocycles. The van der Waals surface area contributed by atoms with Gasteiger partial charge in [-0.25, -0.2) is 4.39 Å². The van der Waals surface area contributed by atoms with E-state index in [1.165, 1.54) is 12.1 Å². The number of aromatic nitrogens is 1. The van der Waals surface area contributed by atoms with E-state index in [9.17, 15) is 9.18 Å². The molecule has 2 rings (SSSR count). The second-order valence-electron chi connectivity index (χ2n) is 4.20. The van der Waals surface area contributed by atoms with Crippen LogP contribution >= 0.6 is 0 Å². The van der Waals surface area contributed by atoms with Crippen LogP contribution in [-0.4, -0.2) is 16.9 Å². The number of rotatable bonds is 3. The minimum Gasteiger partial charge on any atom is -0.350 e. The van der Waals surface area contributed by atoms with Crippen LogP contribution in [0.3, 0.4) is 0 Å². The molecule has 0 radical (unpaired) electrons. The van der Waals surface area contributed by atoms with E-state index in [-0.39, 0.29) is 17.8 Å². The third-order valence-corrected chi connectivity index (χ3v) is 2.82. The van der Waals surface area contributed by atoms with Gasteiger partial charge >= 0.3 is 0 Å². The molecule has 3 nitrogen and oxygen atoms in total. The molecule has 1 amide bonds. The van der Waals surface area contributed by atoms with E-state index in [2.05, 4.69) is 10.3 Å². The molecule has 1 aromatic heterocycles. The van der Waals surface area contributed by atoms with Crippen molar-refractivity contribution in [2.45, 2.75) is 26.3 Å². The Morgan fingerprint density at radius 2 is 2.24 bits per heavy atom. The first-order valence-corrected chi connectivity index (χ1v) is 5.69. The fourth-order valence-electron chi connectivity index (χ4n) is 1.63. The number of aromatic amines is 1. The molecule has 4 heteroatoms. The quantitative estimate of drug-likeness (QED) is 0.842. The normalized spacial score (nSPS) is 12.6. The number of hydrogen-bond donors (Lipinski definition) is 2. The molecule has 1 heterocycles. The lowest BCUT2D eigenvalue weighted by atomic mass is 10.2. The smallest absolute Gasteiger partial charge is 0.267 e. The highest BCUT2D eigenvalue weighted by Gasteiger charge is 2.11. The van der Waals surface area contributed by atoms with Crippen LogP contribution in [0.4, 0.5) is 4.39 Å². The van der Waals surface area contributed by atoms with E-state index < -0.39 is 0 Å². The van der Waals surface area contributed by atoms with Gasteiger partial charge in [-0.15, -0.1) is 0 Å². The third kappa shape index (κ3) is 2.46. The first-order chi connectivity index (χ1) is 8.10. The van der Waals surface area contributed by atoms with Gasteiger partial charge in [-0.3, -0.25) is 4.79 Å². The zero-order chi connectivity index (χ0) is 12.4. The molecular formula is C13H15FN2O. The van der Waals surface area contributed by atoms with E-state index in [0.29, 0.717) is 11.2 Å². The summed E-state index contributed by atoms with van der Waals surface area (Å²) in [7, 11) is 0. The number of halogens is 1. The summed E-state index contributed by atoms with van der Waals surface area (Å²) in [5.41, 5.74) is 1.10. The fraction of sp³-hybridized carbons (Fsp3) is 0.308. The second kappa shape index (κ2) is 4.57. The highest BCUT2D eigenvalue weighted by molar-refractivity contribution is 5.98. The first kappa shape index (κ1) is 11.6. The Hall–Kier alpha value is -1.84. The molecule has 1 unspecified atom stereocenters. The number of benzene rings is 1. The minimum atomic E-state index is -0.312. The molecule has 0 saturated carbocycles. The maximum absolute atomic E-state index is 13.0. The number of fused-ring (bicyclic) bond motifs is 1. The van der Waals surface area contributed by atoms with Gasteiger partial charge in [0.15, 0.2) is 0 Å². The summed E-state index contributed by atoms with van der Waals surface area (Å²) in [5, 5.41) is 3.69. The van der Waals surface area contributed by atoms with Crippen LogP contribution in [0.5, 0.6) is 0 Å². The zero-order valence-corrected chi connectivity index (χ0v) is 9.88. The van der Waals surface area contributed by atoms with E-state index in [4.69, 9.17) is 0 Å². The van der Waals surface area contributed by atoms with Gasteiger partial charge < -0.3 is 10.3 Å². The number of nitrogens with one attached hydrogen (secondary N) is 2. The largest absolute Gasteiger partial charge is 0.350 e. The van der Waals surface area contributed by atoms with Crippen molar-refractivity contribution >= 4 is 16.8 Å². The highest BCUT2D eigenvalue weighted by Crippen LogP contribution is 2.16. The van der Waals surface area contributed by atoms with E-state index in [1.54, 1.807) is 12.1 Å². The summed E-state index contributed by atoms with van der Waals surface area (Å²) in [6.45, 7) is 3.95. The summed E-state index contributed by atoms with van der Waals surface area (Å²) in [5.74, 6) is -0.468. The number of amides is 1. The molecule has 1 atom stereocenters. The SMILES string of the molecule is CCC(C)NC(=O)c1cc2ccc(F)cc2[nH]1. The topological polar surface area (TPSA) is 44.9 Å². The molecular weight excluding hydrogens is 219 g/mol. The fourth-order valence-corrected chi connectivity index (χ4v) is 1.63. The van der Waals surface area contributed by atoms with E-state index in [0.717, 1.165) is 11.8 Å². The van der Waals surface area contributed by atoms with Crippen LogP contribution in [-0.2, 0) is 0 Å². The van der Waals surface area contributed by atoms with Gasteiger partial charge in [0.05, 0.1) is 0 Å². The van der Waals surface area contributed by atoms with Crippen LogP contribution < -0.4 is 5.32 Å². The van der Waals surface area contributed by atoms with Crippen molar-refractivity contribution < 1.29 is 9.18 Å². The summed E-state index contributed by atoms with van der Waals surface area (Å²) >= 11 is 0. The van der Waals surface area contributed by atoms with Crippen molar-refractivity contribution in [3.63, 3.8) is 0 Å². The molecule has 0 bridgehead atoms. The second-order valence-corrected chi connectivity index (χ2v) is 4.20. The van der Waals surface area contributed by atoms with Crippen LogP contribution in [0.1, 0.15) is 30.8 Å². The summed E-state index contributed by atoms with van der Waals surface area (Å²) in [6.07, 6.45) is 0.876. The summed E-state index contributed by atoms with van der Waals surface area (Å²) in [6, 6.07) is 6.28. The van der Waals surface area contributed by atoms with Crippen LogP contribution in [0.15, 0.2) is 24.3 Å². The molecule has 0 aliphatic carbocycles. The lowest BCUT2D eigenvalue weighted by Gasteiger charge is -2.09. The predicted molar refractivity (Wildman–Crippen MR) is 65.5 cm³/mol. The lowest BCUT2D eigenvalue weighted by Crippen LogP contribution is -2.32. The summed E-state index contributed by atoms with van der Waals surface area (Å²) in [4.78, 5) is 14.7. The van der Waals surface area contributed by atoms with Crippen LogP contribution in [0.25, 0.3) is 10.9 Å². The van der Waals surface area contributed by atoms with Crippen LogP contribution in [0, 0.1) is 5.82 Å². The highest BCUT2D eigenvalue weighted by atomic mass is 19.1. The van der Waals surface area contributed by atoms with Gasteiger partial charge in [0.2, 0.25) is 0 Å². The molecule has 0 spiro atoms. The molecule has 0 fully saturated rings. The Bertz CT molecular complexity index is 547. The van der Waals surface area contributed by atoms with E-state index in [1.807, 2.05) is 13.8 Å². The van der Waals surface area contributed by atoms with Gasteiger partial charge in [0.25, 0.3) is 5.91 Å². The van der Waals surface area contributed by atoms with Crippen molar-refractivity contribution in [1.29, 1.82) is 0 Å². The molecule has 0 aliphatic heterocycles. The lowest BCUT2D eigenvalue weighted by molar-refractivity contribution is 0.0935. The van der Waals surface area contributed by atoms with Crippen molar-refractivity contribution in [2.24, 2.45) is 0 Å². The number of carbonyl (C=O) groups is 1. The van der Waals surface area contributed by atoms with Gasteiger partial charge in [0, 0.05) is 16.9 Å². The van der Waals surface area contributed by atoms with Gasteiger partial charge in [-0.05, 0) is 37.6 Å². The summed E-state index contributed by atoms with van der Waals surface area (Å²) < 4.78 is 13.0. The van der Waals surface area contributed by atoms with Crippen LogP contribution in [0.2, 0.25) is 0 Å². The number of carbonyl (C=O) groups excluding carboxylic acids is 1. The molecule has 0 aliphatic rings.